The standard InChI is InChI=1S/C23H24N4O2S/c1-4-21(16-7-9-17(29-3)10-8-16)26-23(28)19-12-15(2)25-22-20(19)13-24-27(22)14-18-6-5-11-30-18/h5-13,21H,4,14H2,1-3H3,(H,26,28)/t21-/m1/s1. The zero-order valence-corrected chi connectivity index (χ0v) is 18.1. The second-order valence-electron chi connectivity index (χ2n) is 7.14. The summed E-state index contributed by atoms with van der Waals surface area (Å²) in [5.41, 5.74) is 3.16. The fourth-order valence-corrected chi connectivity index (χ4v) is 4.21. The van der Waals surface area contributed by atoms with Crippen LogP contribution in [0.25, 0.3) is 11.0 Å². The number of amides is 1. The molecule has 30 heavy (non-hydrogen) atoms. The topological polar surface area (TPSA) is 69.0 Å². The predicted molar refractivity (Wildman–Crippen MR) is 119 cm³/mol. The fourth-order valence-electron chi connectivity index (χ4n) is 3.52. The first kappa shape index (κ1) is 20.1. The third-order valence-electron chi connectivity index (χ3n) is 5.10. The molecule has 7 heteroatoms. The summed E-state index contributed by atoms with van der Waals surface area (Å²) in [6, 6.07) is 13.6. The minimum absolute atomic E-state index is 0.0897. The summed E-state index contributed by atoms with van der Waals surface area (Å²) in [6.07, 6.45) is 2.52. The molecule has 1 N–H and O–H groups in total. The van der Waals surface area contributed by atoms with Crippen molar-refractivity contribution in [1.82, 2.24) is 20.1 Å². The van der Waals surface area contributed by atoms with E-state index in [-0.39, 0.29) is 11.9 Å². The van der Waals surface area contributed by atoms with E-state index in [9.17, 15) is 4.79 Å². The van der Waals surface area contributed by atoms with Gasteiger partial charge in [-0.05, 0) is 48.6 Å². The highest BCUT2D eigenvalue weighted by atomic mass is 32.1. The van der Waals surface area contributed by atoms with Crippen LogP contribution in [0.15, 0.2) is 54.0 Å². The number of hydrogen-bond acceptors (Lipinski definition) is 5. The largest absolute Gasteiger partial charge is 0.497 e. The summed E-state index contributed by atoms with van der Waals surface area (Å²) in [4.78, 5) is 19.0. The Bertz CT molecular complexity index is 1150. The first-order valence-corrected chi connectivity index (χ1v) is 10.8. The van der Waals surface area contributed by atoms with Crippen LogP contribution in [-0.2, 0) is 6.54 Å². The van der Waals surface area contributed by atoms with Crippen LogP contribution in [0.1, 0.15) is 45.9 Å². The molecule has 3 aromatic heterocycles. The van der Waals surface area contributed by atoms with Gasteiger partial charge in [0.05, 0.1) is 36.8 Å². The van der Waals surface area contributed by atoms with Gasteiger partial charge in [0.2, 0.25) is 0 Å². The Morgan fingerprint density at radius 2 is 2.07 bits per heavy atom. The van der Waals surface area contributed by atoms with E-state index in [1.54, 1.807) is 24.6 Å². The second kappa shape index (κ2) is 8.67. The van der Waals surface area contributed by atoms with Crippen molar-refractivity contribution in [3.8, 4) is 5.75 Å². The van der Waals surface area contributed by atoms with Gasteiger partial charge in [0.25, 0.3) is 5.91 Å². The first-order valence-electron chi connectivity index (χ1n) is 9.89. The molecular formula is C23H24N4O2S. The molecule has 1 amide bonds. The number of pyridine rings is 1. The van der Waals surface area contributed by atoms with E-state index < -0.39 is 0 Å². The first-order chi connectivity index (χ1) is 14.6. The van der Waals surface area contributed by atoms with Crippen LogP contribution in [0.5, 0.6) is 5.75 Å². The highest BCUT2D eigenvalue weighted by Gasteiger charge is 2.19. The van der Waals surface area contributed by atoms with Crippen molar-refractivity contribution in [2.75, 3.05) is 7.11 Å². The molecule has 0 spiro atoms. The van der Waals surface area contributed by atoms with Crippen LogP contribution in [0.3, 0.4) is 0 Å². The number of rotatable bonds is 7. The van der Waals surface area contributed by atoms with E-state index in [1.165, 1.54) is 4.88 Å². The number of aromatic nitrogens is 3. The molecule has 0 radical (unpaired) electrons. The van der Waals surface area contributed by atoms with E-state index in [4.69, 9.17) is 4.74 Å². The molecule has 0 aliphatic rings. The molecule has 154 valence electrons. The Labute approximate surface area is 179 Å². The molecule has 1 aromatic carbocycles. The monoisotopic (exact) mass is 420 g/mol. The van der Waals surface area contributed by atoms with Crippen LogP contribution in [-0.4, -0.2) is 27.8 Å². The highest BCUT2D eigenvalue weighted by molar-refractivity contribution is 7.09. The number of fused-ring (bicyclic) bond motifs is 1. The van der Waals surface area contributed by atoms with Gasteiger partial charge in [-0.15, -0.1) is 11.3 Å². The SMILES string of the molecule is CC[C@@H](NC(=O)c1cc(C)nc2c1cnn2Cc1cccs1)c1ccc(OC)cc1. The number of ether oxygens (including phenoxy) is 1. The number of aryl methyl sites for hydroxylation is 1. The van der Waals surface area contributed by atoms with Crippen LogP contribution in [0, 0.1) is 6.92 Å². The van der Waals surface area contributed by atoms with Crippen molar-refractivity contribution in [1.29, 1.82) is 0 Å². The Balaban J connectivity index is 1.62. The smallest absolute Gasteiger partial charge is 0.252 e. The number of nitrogens with one attached hydrogen (secondary N) is 1. The number of benzene rings is 1. The van der Waals surface area contributed by atoms with Crippen molar-refractivity contribution in [3.05, 3.63) is 75.7 Å². The van der Waals surface area contributed by atoms with Gasteiger partial charge in [0.15, 0.2) is 5.65 Å². The molecule has 0 fully saturated rings. The molecule has 0 aliphatic heterocycles. The third-order valence-corrected chi connectivity index (χ3v) is 5.96. The molecule has 0 bridgehead atoms. The van der Waals surface area contributed by atoms with Crippen LogP contribution in [0.4, 0.5) is 0 Å². The lowest BCUT2D eigenvalue weighted by molar-refractivity contribution is 0.0937. The highest BCUT2D eigenvalue weighted by Crippen LogP contribution is 2.24. The summed E-state index contributed by atoms with van der Waals surface area (Å²) in [5, 5.41) is 10.5. The normalized spacial score (nSPS) is 12.1. The third kappa shape index (κ3) is 4.07. The minimum Gasteiger partial charge on any atom is -0.497 e. The van der Waals surface area contributed by atoms with E-state index in [0.717, 1.165) is 34.5 Å². The van der Waals surface area contributed by atoms with Gasteiger partial charge in [-0.25, -0.2) is 9.67 Å². The van der Waals surface area contributed by atoms with E-state index in [2.05, 4.69) is 28.4 Å². The summed E-state index contributed by atoms with van der Waals surface area (Å²) in [6.45, 7) is 4.60. The lowest BCUT2D eigenvalue weighted by Gasteiger charge is -2.18. The maximum absolute atomic E-state index is 13.2. The van der Waals surface area contributed by atoms with E-state index in [1.807, 2.05) is 53.4 Å². The van der Waals surface area contributed by atoms with Gasteiger partial charge in [-0.2, -0.15) is 5.10 Å². The summed E-state index contributed by atoms with van der Waals surface area (Å²) >= 11 is 1.68. The van der Waals surface area contributed by atoms with Crippen molar-refractivity contribution < 1.29 is 9.53 Å². The second-order valence-corrected chi connectivity index (χ2v) is 8.17. The predicted octanol–water partition coefficient (Wildman–Crippen LogP) is 4.74. The minimum atomic E-state index is -0.121. The van der Waals surface area contributed by atoms with E-state index >= 15 is 0 Å². The van der Waals surface area contributed by atoms with E-state index in [0.29, 0.717) is 12.1 Å². The molecule has 0 unspecified atom stereocenters. The Kier molecular flexibility index (Phi) is 5.81. The molecule has 1 atom stereocenters. The van der Waals surface area contributed by atoms with Gasteiger partial charge >= 0.3 is 0 Å². The van der Waals surface area contributed by atoms with Crippen molar-refractivity contribution in [2.45, 2.75) is 32.9 Å². The molecule has 0 saturated heterocycles. The number of hydrogen-bond donors (Lipinski definition) is 1. The van der Waals surface area contributed by atoms with Crippen molar-refractivity contribution in [3.63, 3.8) is 0 Å². The Morgan fingerprint density at radius 1 is 1.27 bits per heavy atom. The molecule has 3 heterocycles. The van der Waals surface area contributed by atoms with Crippen LogP contribution >= 0.6 is 11.3 Å². The number of methoxy groups -OCH3 is 1. The molecule has 0 aliphatic carbocycles. The summed E-state index contributed by atoms with van der Waals surface area (Å²) < 4.78 is 7.08. The van der Waals surface area contributed by atoms with Crippen LogP contribution in [0.2, 0.25) is 0 Å². The fraction of sp³-hybridized carbons (Fsp3) is 0.261. The van der Waals surface area contributed by atoms with Crippen LogP contribution < -0.4 is 10.1 Å². The number of thiophene rings is 1. The molecule has 6 nitrogen and oxygen atoms in total. The van der Waals surface area contributed by atoms with Crippen molar-refractivity contribution in [2.24, 2.45) is 0 Å². The molecular weight excluding hydrogens is 396 g/mol. The molecule has 4 aromatic rings. The molecule has 4 rings (SSSR count). The maximum Gasteiger partial charge on any atom is 0.252 e. The zero-order valence-electron chi connectivity index (χ0n) is 17.3. The lowest BCUT2D eigenvalue weighted by atomic mass is 10.0. The Hall–Kier alpha value is -3.19. The van der Waals surface area contributed by atoms with Gasteiger partial charge in [0, 0.05) is 10.6 Å². The molecule has 0 saturated carbocycles. The zero-order chi connectivity index (χ0) is 21.1. The number of nitrogens with zero attached hydrogens (tertiary/aromatic N) is 3. The summed E-state index contributed by atoms with van der Waals surface area (Å²) in [7, 11) is 1.64. The van der Waals surface area contributed by atoms with Gasteiger partial charge < -0.3 is 10.1 Å². The number of carbonyl (C=O) groups is 1. The van der Waals surface area contributed by atoms with Gasteiger partial charge in [0.1, 0.15) is 5.75 Å². The quantitative estimate of drug-likeness (QED) is 0.469. The number of carbonyl (C=O) groups excluding carboxylic acids is 1. The van der Waals surface area contributed by atoms with Gasteiger partial charge in [-0.3, -0.25) is 4.79 Å². The average Bonchev–Trinajstić information content (AvgIpc) is 3.42. The Morgan fingerprint density at radius 3 is 2.73 bits per heavy atom. The van der Waals surface area contributed by atoms with Gasteiger partial charge in [-0.1, -0.05) is 25.1 Å². The van der Waals surface area contributed by atoms with Crippen molar-refractivity contribution >= 4 is 28.3 Å². The summed E-state index contributed by atoms with van der Waals surface area (Å²) in [5.74, 6) is 0.674. The average molecular weight is 421 g/mol. The lowest BCUT2D eigenvalue weighted by Crippen LogP contribution is -2.28. The maximum atomic E-state index is 13.2.